The lowest BCUT2D eigenvalue weighted by molar-refractivity contribution is -0.140. The summed E-state index contributed by atoms with van der Waals surface area (Å²) in [6.07, 6.45) is 3.12. The SMILES string of the molecule is CCCCNC(=O)[C@H](Cc1ccccc1)N(Cc1ccccc1C)C(=O)CN(c1ccc(Br)cc1)S(C)(=O)=O. The predicted molar refractivity (Wildman–Crippen MR) is 160 cm³/mol. The van der Waals surface area contributed by atoms with Crippen LogP contribution in [-0.2, 0) is 32.6 Å². The first kappa shape index (κ1) is 30.4. The van der Waals surface area contributed by atoms with Gasteiger partial charge in [0, 0.05) is 24.0 Å². The second-order valence-corrected chi connectivity index (χ2v) is 12.4. The number of unbranched alkanes of at least 4 members (excludes halogenated alkanes) is 1. The number of nitrogens with one attached hydrogen (secondary N) is 1. The number of nitrogens with zero attached hydrogens (tertiary/aromatic N) is 2. The monoisotopic (exact) mass is 613 g/mol. The van der Waals surface area contributed by atoms with E-state index in [9.17, 15) is 18.0 Å². The molecule has 7 nitrogen and oxygen atoms in total. The van der Waals surface area contributed by atoms with Crippen LogP contribution in [0.5, 0.6) is 0 Å². The van der Waals surface area contributed by atoms with E-state index in [1.54, 1.807) is 24.3 Å². The summed E-state index contributed by atoms with van der Waals surface area (Å²) in [6, 6.07) is 23.1. The summed E-state index contributed by atoms with van der Waals surface area (Å²) in [5, 5.41) is 2.99. The van der Waals surface area contributed by atoms with E-state index in [1.807, 2.05) is 68.4 Å². The first-order chi connectivity index (χ1) is 18.6. The third-order valence-corrected chi connectivity index (χ3v) is 8.17. The van der Waals surface area contributed by atoms with Gasteiger partial charge in [0.15, 0.2) is 0 Å². The predicted octanol–water partition coefficient (Wildman–Crippen LogP) is 5.08. The van der Waals surface area contributed by atoms with Crippen molar-refractivity contribution in [2.24, 2.45) is 0 Å². The number of anilines is 1. The van der Waals surface area contributed by atoms with Gasteiger partial charge in [-0.15, -0.1) is 0 Å². The first-order valence-electron chi connectivity index (χ1n) is 13.0. The van der Waals surface area contributed by atoms with E-state index in [2.05, 4.69) is 21.2 Å². The number of halogens is 1. The number of hydrogen-bond donors (Lipinski definition) is 1. The van der Waals surface area contributed by atoms with E-state index < -0.39 is 28.5 Å². The van der Waals surface area contributed by atoms with Crippen molar-refractivity contribution < 1.29 is 18.0 Å². The van der Waals surface area contributed by atoms with E-state index in [-0.39, 0.29) is 12.5 Å². The summed E-state index contributed by atoms with van der Waals surface area (Å²) in [7, 11) is -3.79. The maximum atomic E-state index is 14.1. The van der Waals surface area contributed by atoms with Crippen LogP contribution in [0, 0.1) is 6.92 Å². The summed E-state index contributed by atoms with van der Waals surface area (Å²) >= 11 is 3.37. The molecule has 0 bridgehead atoms. The molecule has 1 atom stereocenters. The maximum absolute atomic E-state index is 14.1. The minimum Gasteiger partial charge on any atom is -0.354 e. The third-order valence-electron chi connectivity index (χ3n) is 6.50. The van der Waals surface area contributed by atoms with E-state index >= 15 is 0 Å². The van der Waals surface area contributed by atoms with Gasteiger partial charge in [0.05, 0.1) is 11.9 Å². The Balaban J connectivity index is 2.03. The molecule has 0 saturated heterocycles. The van der Waals surface area contributed by atoms with Crippen LogP contribution in [0.15, 0.2) is 83.3 Å². The number of amides is 2. The van der Waals surface area contributed by atoms with Crippen molar-refractivity contribution in [2.75, 3.05) is 23.7 Å². The fraction of sp³-hybridized carbons (Fsp3) is 0.333. The van der Waals surface area contributed by atoms with E-state index in [0.717, 1.165) is 44.6 Å². The van der Waals surface area contributed by atoms with Gasteiger partial charge in [-0.3, -0.25) is 13.9 Å². The van der Waals surface area contributed by atoms with Crippen LogP contribution in [0.1, 0.15) is 36.5 Å². The third kappa shape index (κ3) is 8.93. The highest BCUT2D eigenvalue weighted by Gasteiger charge is 2.33. The number of carbonyl (C=O) groups excluding carboxylic acids is 2. The number of carbonyl (C=O) groups is 2. The van der Waals surface area contributed by atoms with Gasteiger partial charge >= 0.3 is 0 Å². The minimum absolute atomic E-state index is 0.169. The standard InChI is InChI=1S/C30H36BrN3O4S/c1-4-5-19-32-30(36)28(20-24-12-7-6-8-13-24)33(21-25-14-10-9-11-23(25)2)29(35)22-34(39(3,37)38)27-17-15-26(31)16-18-27/h6-18,28H,4-5,19-22H2,1-3H3,(H,32,36)/t28-/m0/s1. The molecule has 2 amide bonds. The van der Waals surface area contributed by atoms with E-state index in [1.165, 1.54) is 4.90 Å². The van der Waals surface area contributed by atoms with E-state index in [0.29, 0.717) is 18.7 Å². The van der Waals surface area contributed by atoms with Crippen molar-refractivity contribution in [2.45, 2.75) is 45.7 Å². The second-order valence-electron chi connectivity index (χ2n) is 9.54. The molecule has 1 N–H and O–H groups in total. The molecule has 0 fully saturated rings. The molecule has 0 aliphatic heterocycles. The quantitative estimate of drug-likeness (QED) is 0.272. The topological polar surface area (TPSA) is 86.8 Å². The lowest BCUT2D eigenvalue weighted by atomic mass is 10.0. The highest BCUT2D eigenvalue weighted by Crippen LogP contribution is 2.23. The fourth-order valence-corrected chi connectivity index (χ4v) is 5.37. The molecule has 0 spiro atoms. The highest BCUT2D eigenvalue weighted by atomic mass is 79.9. The van der Waals surface area contributed by atoms with Gasteiger partial charge < -0.3 is 10.2 Å². The molecule has 0 heterocycles. The van der Waals surface area contributed by atoms with Gasteiger partial charge in [0.25, 0.3) is 0 Å². The second kappa shape index (κ2) is 14.3. The largest absolute Gasteiger partial charge is 0.354 e. The van der Waals surface area contributed by atoms with Crippen LogP contribution in [0.4, 0.5) is 5.69 Å². The molecule has 3 aromatic rings. The Morgan fingerprint density at radius 1 is 0.949 bits per heavy atom. The summed E-state index contributed by atoms with van der Waals surface area (Å²) in [5.74, 6) is -0.720. The Labute approximate surface area is 240 Å². The first-order valence-corrected chi connectivity index (χ1v) is 15.6. The molecule has 0 aliphatic carbocycles. The van der Waals surface area contributed by atoms with Crippen LogP contribution < -0.4 is 9.62 Å². The Morgan fingerprint density at radius 2 is 1.59 bits per heavy atom. The molecule has 9 heteroatoms. The van der Waals surface area contributed by atoms with Crippen molar-refractivity contribution in [1.29, 1.82) is 0 Å². The molecule has 0 aliphatic rings. The lowest BCUT2D eigenvalue weighted by Gasteiger charge is -2.34. The molecule has 3 aromatic carbocycles. The molecule has 0 saturated carbocycles. The smallest absolute Gasteiger partial charge is 0.244 e. The summed E-state index contributed by atoms with van der Waals surface area (Å²) in [4.78, 5) is 29.2. The minimum atomic E-state index is -3.79. The maximum Gasteiger partial charge on any atom is 0.244 e. The van der Waals surface area contributed by atoms with Crippen molar-refractivity contribution in [3.63, 3.8) is 0 Å². The van der Waals surface area contributed by atoms with Crippen molar-refractivity contribution in [1.82, 2.24) is 10.2 Å². The van der Waals surface area contributed by atoms with Crippen LogP contribution in [0.25, 0.3) is 0 Å². The van der Waals surface area contributed by atoms with Crippen LogP contribution in [-0.4, -0.2) is 50.5 Å². The Bertz CT molecular complexity index is 1350. The number of sulfonamides is 1. The fourth-order valence-electron chi connectivity index (χ4n) is 4.25. The molecule has 0 aromatic heterocycles. The van der Waals surface area contributed by atoms with Gasteiger partial charge in [-0.2, -0.15) is 0 Å². The van der Waals surface area contributed by atoms with Gasteiger partial charge in [-0.05, 0) is 54.3 Å². The zero-order valence-corrected chi connectivity index (χ0v) is 25.0. The Hall–Kier alpha value is -3.17. The normalized spacial score (nSPS) is 12.0. The number of benzene rings is 3. The molecule has 39 heavy (non-hydrogen) atoms. The highest BCUT2D eigenvalue weighted by molar-refractivity contribution is 9.10. The number of aryl methyl sites for hydroxylation is 1. The van der Waals surface area contributed by atoms with Crippen molar-refractivity contribution in [3.05, 3.63) is 100 Å². The van der Waals surface area contributed by atoms with Crippen LogP contribution in [0.2, 0.25) is 0 Å². The molecule has 3 rings (SSSR count). The number of rotatable bonds is 13. The van der Waals surface area contributed by atoms with Gasteiger partial charge in [0.1, 0.15) is 12.6 Å². The molecular formula is C30H36BrN3O4S. The summed E-state index contributed by atoms with van der Waals surface area (Å²) < 4.78 is 27.5. The van der Waals surface area contributed by atoms with Gasteiger partial charge in [-0.1, -0.05) is 83.9 Å². The van der Waals surface area contributed by atoms with Gasteiger partial charge in [0.2, 0.25) is 21.8 Å². The molecule has 0 unspecified atom stereocenters. The lowest BCUT2D eigenvalue weighted by Crippen LogP contribution is -2.53. The summed E-state index contributed by atoms with van der Waals surface area (Å²) in [5.41, 5.74) is 3.15. The zero-order valence-electron chi connectivity index (χ0n) is 22.6. The average Bonchev–Trinajstić information content (AvgIpc) is 2.91. The molecular weight excluding hydrogens is 578 g/mol. The van der Waals surface area contributed by atoms with E-state index in [4.69, 9.17) is 0 Å². The molecule has 0 radical (unpaired) electrons. The van der Waals surface area contributed by atoms with Crippen LogP contribution in [0.3, 0.4) is 0 Å². The summed E-state index contributed by atoms with van der Waals surface area (Å²) in [6.45, 7) is 4.24. The average molecular weight is 615 g/mol. The Kier molecular flexibility index (Phi) is 11.1. The van der Waals surface area contributed by atoms with Crippen molar-refractivity contribution in [3.8, 4) is 0 Å². The van der Waals surface area contributed by atoms with Gasteiger partial charge in [-0.25, -0.2) is 8.42 Å². The number of hydrogen-bond acceptors (Lipinski definition) is 4. The molecule has 208 valence electrons. The van der Waals surface area contributed by atoms with Crippen LogP contribution >= 0.6 is 15.9 Å². The van der Waals surface area contributed by atoms with Crippen molar-refractivity contribution >= 4 is 43.5 Å². The zero-order chi connectivity index (χ0) is 28.4. The Morgan fingerprint density at radius 3 is 2.21 bits per heavy atom.